The Morgan fingerprint density at radius 3 is 1.62 bits per heavy atom. The normalized spacial score (nSPS) is 16.6. The van der Waals surface area contributed by atoms with Crippen molar-refractivity contribution in [3.8, 4) is 0 Å². The number of halogens is 2. The van der Waals surface area contributed by atoms with Gasteiger partial charge in [-0.3, -0.25) is 19.6 Å². The summed E-state index contributed by atoms with van der Waals surface area (Å²) < 4.78 is 9.69. The molecule has 0 saturated heterocycles. The fourth-order valence-electron chi connectivity index (χ4n) is 6.50. The van der Waals surface area contributed by atoms with Crippen LogP contribution in [0.3, 0.4) is 0 Å². The smallest absolute Gasteiger partial charge is 0.305 e. The molecular formula is C37H46Cl2N4O4. The average molecular weight is 682 g/mol. The Balaban J connectivity index is 1.67. The highest BCUT2D eigenvalue weighted by Gasteiger charge is 2.27. The maximum atomic E-state index is 11.8. The topological polar surface area (TPSA) is 109 Å². The van der Waals surface area contributed by atoms with Crippen molar-refractivity contribution in [2.45, 2.75) is 86.5 Å². The summed E-state index contributed by atoms with van der Waals surface area (Å²) in [6.07, 6.45) is 8.08. The zero-order valence-corrected chi connectivity index (χ0v) is 30.3. The zero-order valence-electron chi connectivity index (χ0n) is 28.8. The number of allylic oxidation sites excluding steroid dienone is 4. The van der Waals surface area contributed by atoms with Gasteiger partial charge in [-0.05, 0) is 124 Å². The maximum Gasteiger partial charge on any atom is 0.305 e. The number of rotatable bonds is 14. The van der Waals surface area contributed by atoms with Crippen molar-refractivity contribution in [2.75, 3.05) is 26.0 Å². The molecule has 4 rings (SSSR count). The Morgan fingerprint density at radius 1 is 0.660 bits per heavy atom. The van der Waals surface area contributed by atoms with Crippen LogP contribution in [-0.2, 0) is 31.9 Å². The Hall–Kier alpha value is -3.62. The van der Waals surface area contributed by atoms with Gasteiger partial charge in [0.15, 0.2) is 0 Å². The van der Waals surface area contributed by atoms with Gasteiger partial charge < -0.3 is 19.4 Å². The minimum atomic E-state index is -0.220. The number of aromatic nitrogens is 2. The van der Waals surface area contributed by atoms with E-state index >= 15 is 0 Å². The number of aromatic amines is 2. The van der Waals surface area contributed by atoms with Crippen LogP contribution in [0, 0.1) is 27.7 Å². The van der Waals surface area contributed by atoms with E-state index in [1.807, 2.05) is 13.8 Å². The molecule has 0 saturated carbocycles. The summed E-state index contributed by atoms with van der Waals surface area (Å²) in [4.78, 5) is 40.8. The van der Waals surface area contributed by atoms with Gasteiger partial charge in [0, 0.05) is 53.8 Å². The molecule has 0 bridgehead atoms. The van der Waals surface area contributed by atoms with Gasteiger partial charge in [0.2, 0.25) is 0 Å². The highest BCUT2D eigenvalue weighted by Crippen LogP contribution is 2.36. The number of ether oxygens (including phenoxy) is 2. The largest absolute Gasteiger partial charge is 0.469 e. The summed E-state index contributed by atoms with van der Waals surface area (Å²) in [6, 6.07) is 0. The second-order valence-electron chi connectivity index (χ2n) is 12.1. The number of nitrogens with zero attached hydrogens (tertiary/aromatic N) is 2. The molecule has 2 N–H and O–H groups in total. The Kier molecular flexibility index (Phi) is 12.3. The number of alkyl halides is 2. The summed E-state index contributed by atoms with van der Waals surface area (Å²) in [6.45, 7) is 12.4. The molecule has 0 amide bonds. The van der Waals surface area contributed by atoms with Gasteiger partial charge in [-0.1, -0.05) is 0 Å². The molecule has 0 fully saturated rings. The first-order chi connectivity index (χ1) is 22.4. The molecule has 8 nitrogen and oxygen atoms in total. The molecule has 2 aromatic heterocycles. The van der Waals surface area contributed by atoms with Crippen molar-refractivity contribution < 1.29 is 19.1 Å². The predicted molar refractivity (Wildman–Crippen MR) is 193 cm³/mol. The monoisotopic (exact) mass is 680 g/mol. The SMILES string of the molecule is COC(=O)CCc1c(C)[nH]c(/C=C2\N=C(CC3=N/C(=C\c4[nH]c(C)c(CCC(=O)OC)c4C)C(CCCl)=C3C)C(CCCl)=C2C)c1C. The lowest BCUT2D eigenvalue weighted by Gasteiger charge is -2.08. The molecule has 2 aliphatic heterocycles. The standard InChI is InChI=1S/C37H46Cl2N4O4/c1-20-26(9-11-36(44)46-7)24(5)40-30(20)17-32-22(3)28(13-15-38)35(42-32)19-33-23(4)29(14-16-39)34(43-33)18-31-21(2)27(25(6)41-31)10-12-37(45)47-8/h17-18,40-41H,9-16,19H2,1-8H3/b32-17-,34-18-. The fourth-order valence-corrected chi connectivity index (χ4v) is 6.88. The van der Waals surface area contributed by atoms with Crippen molar-refractivity contribution in [1.29, 1.82) is 0 Å². The zero-order chi connectivity index (χ0) is 34.4. The van der Waals surface area contributed by atoms with Crippen LogP contribution in [0.15, 0.2) is 43.7 Å². The first kappa shape index (κ1) is 36.2. The van der Waals surface area contributed by atoms with Crippen LogP contribution in [0.2, 0.25) is 0 Å². The van der Waals surface area contributed by atoms with E-state index in [0.717, 1.165) is 90.1 Å². The molecule has 2 aromatic rings. The van der Waals surface area contributed by atoms with Gasteiger partial charge in [-0.2, -0.15) is 0 Å². The number of hydrogen-bond donors (Lipinski definition) is 2. The van der Waals surface area contributed by atoms with Crippen LogP contribution in [-0.4, -0.2) is 59.3 Å². The second kappa shape index (κ2) is 16.0. The number of H-pyrrole nitrogens is 2. The van der Waals surface area contributed by atoms with E-state index in [0.29, 0.717) is 56.7 Å². The Morgan fingerprint density at radius 2 is 1.13 bits per heavy atom. The number of nitrogens with one attached hydrogen (secondary N) is 2. The van der Waals surface area contributed by atoms with Gasteiger partial charge in [0.1, 0.15) is 0 Å². The van der Waals surface area contributed by atoms with Crippen LogP contribution in [0.4, 0.5) is 0 Å². The van der Waals surface area contributed by atoms with Gasteiger partial charge in [0.25, 0.3) is 0 Å². The third kappa shape index (κ3) is 8.10. The molecule has 0 aliphatic carbocycles. The quantitative estimate of drug-likeness (QED) is 0.154. The fraction of sp³-hybridized carbons (Fsp3) is 0.459. The van der Waals surface area contributed by atoms with E-state index in [2.05, 4.69) is 49.8 Å². The van der Waals surface area contributed by atoms with Crippen molar-refractivity contribution in [2.24, 2.45) is 9.98 Å². The van der Waals surface area contributed by atoms with Gasteiger partial charge in [-0.15, -0.1) is 23.2 Å². The number of esters is 2. The molecule has 0 atom stereocenters. The van der Waals surface area contributed by atoms with Gasteiger partial charge >= 0.3 is 11.9 Å². The van der Waals surface area contributed by atoms with E-state index in [9.17, 15) is 9.59 Å². The minimum Gasteiger partial charge on any atom is -0.469 e. The second-order valence-corrected chi connectivity index (χ2v) is 12.9. The third-order valence-electron chi connectivity index (χ3n) is 9.35. The summed E-state index contributed by atoms with van der Waals surface area (Å²) >= 11 is 12.6. The van der Waals surface area contributed by atoms with Gasteiger partial charge in [0.05, 0.1) is 37.0 Å². The number of aliphatic imine (C=N–C) groups is 2. The summed E-state index contributed by atoms with van der Waals surface area (Å²) in [5.74, 6) is 0.539. The number of aryl methyl sites for hydroxylation is 2. The first-order valence-electron chi connectivity index (χ1n) is 16.0. The molecule has 47 heavy (non-hydrogen) atoms. The molecule has 0 unspecified atom stereocenters. The van der Waals surface area contributed by atoms with Crippen molar-refractivity contribution in [3.63, 3.8) is 0 Å². The average Bonchev–Trinajstić information content (AvgIpc) is 3.69. The Bertz CT molecular complexity index is 1750. The van der Waals surface area contributed by atoms with Crippen LogP contribution < -0.4 is 0 Å². The lowest BCUT2D eigenvalue weighted by Crippen LogP contribution is -2.10. The van der Waals surface area contributed by atoms with Gasteiger partial charge in [-0.25, -0.2) is 0 Å². The van der Waals surface area contributed by atoms with E-state index < -0.39 is 0 Å². The highest BCUT2D eigenvalue weighted by molar-refractivity contribution is 6.23. The van der Waals surface area contributed by atoms with Crippen molar-refractivity contribution >= 4 is 58.7 Å². The molecule has 0 spiro atoms. The molecule has 0 aromatic carbocycles. The van der Waals surface area contributed by atoms with E-state index in [4.69, 9.17) is 42.7 Å². The lowest BCUT2D eigenvalue weighted by atomic mass is 9.95. The van der Waals surface area contributed by atoms with Crippen molar-refractivity contribution in [3.05, 3.63) is 78.7 Å². The van der Waals surface area contributed by atoms with Crippen LogP contribution in [0.5, 0.6) is 0 Å². The molecule has 2 aliphatic rings. The lowest BCUT2D eigenvalue weighted by molar-refractivity contribution is -0.141. The molecule has 0 radical (unpaired) electrons. The number of carbonyl (C=O) groups is 2. The van der Waals surface area contributed by atoms with E-state index in [1.165, 1.54) is 14.2 Å². The van der Waals surface area contributed by atoms with Crippen LogP contribution in [0.25, 0.3) is 12.2 Å². The third-order valence-corrected chi connectivity index (χ3v) is 9.73. The molecule has 252 valence electrons. The number of methoxy groups -OCH3 is 2. The summed E-state index contributed by atoms with van der Waals surface area (Å²) in [7, 11) is 2.83. The van der Waals surface area contributed by atoms with E-state index in [-0.39, 0.29) is 11.9 Å². The first-order valence-corrected chi connectivity index (χ1v) is 17.1. The molecule has 4 heterocycles. The van der Waals surface area contributed by atoms with Crippen LogP contribution >= 0.6 is 23.2 Å². The predicted octanol–water partition coefficient (Wildman–Crippen LogP) is 8.36. The number of hydrogen-bond acceptors (Lipinski definition) is 6. The molecule has 10 heteroatoms. The van der Waals surface area contributed by atoms with Crippen molar-refractivity contribution in [1.82, 2.24) is 9.97 Å². The molecular weight excluding hydrogens is 635 g/mol. The Labute approximate surface area is 288 Å². The number of carbonyl (C=O) groups excluding carboxylic acids is 2. The summed E-state index contributed by atoms with van der Waals surface area (Å²) in [5.41, 5.74) is 16.8. The highest BCUT2D eigenvalue weighted by atomic mass is 35.5. The summed E-state index contributed by atoms with van der Waals surface area (Å²) in [5, 5.41) is 0. The maximum absolute atomic E-state index is 11.8. The van der Waals surface area contributed by atoms with E-state index in [1.54, 1.807) is 0 Å². The minimum absolute atomic E-state index is 0.218. The van der Waals surface area contributed by atoms with Crippen LogP contribution in [0.1, 0.15) is 91.0 Å².